The second-order valence-corrected chi connectivity index (χ2v) is 6.05. The monoisotopic (exact) mass is 304 g/mol. The Morgan fingerprint density at radius 3 is 2.82 bits per heavy atom. The van der Waals surface area contributed by atoms with E-state index in [0.717, 1.165) is 24.3 Å². The molecule has 1 saturated heterocycles. The number of para-hydroxylation sites is 1. The maximum absolute atomic E-state index is 6.01. The molecule has 5 heteroatoms. The van der Waals surface area contributed by atoms with E-state index in [9.17, 15) is 0 Å². The fourth-order valence-electron chi connectivity index (χ4n) is 2.82. The van der Waals surface area contributed by atoms with Crippen LogP contribution in [0.2, 0.25) is 0 Å². The van der Waals surface area contributed by atoms with Crippen LogP contribution in [0.3, 0.4) is 0 Å². The van der Waals surface area contributed by atoms with Gasteiger partial charge in [0.2, 0.25) is 0 Å². The van der Waals surface area contributed by atoms with E-state index < -0.39 is 0 Å². The minimum atomic E-state index is 0.469. The van der Waals surface area contributed by atoms with Gasteiger partial charge >= 0.3 is 0 Å². The first-order valence-electron chi connectivity index (χ1n) is 8.05. The molecule has 0 bridgehead atoms. The molecule has 122 valence electrons. The number of nitrogens with one attached hydrogen (secondary N) is 1. The number of guanidine groups is 1. The minimum absolute atomic E-state index is 0.469. The van der Waals surface area contributed by atoms with Crippen molar-refractivity contribution in [2.24, 2.45) is 16.6 Å². The molecule has 5 nitrogen and oxygen atoms in total. The van der Waals surface area contributed by atoms with E-state index in [4.69, 9.17) is 10.5 Å². The zero-order valence-electron chi connectivity index (χ0n) is 13.7. The van der Waals surface area contributed by atoms with Gasteiger partial charge in [-0.05, 0) is 37.9 Å². The van der Waals surface area contributed by atoms with E-state index in [1.807, 2.05) is 24.3 Å². The van der Waals surface area contributed by atoms with Gasteiger partial charge in [0.1, 0.15) is 0 Å². The highest BCUT2D eigenvalue weighted by molar-refractivity contribution is 5.92. The van der Waals surface area contributed by atoms with Gasteiger partial charge in [-0.2, -0.15) is 0 Å². The van der Waals surface area contributed by atoms with E-state index in [0.29, 0.717) is 18.5 Å². The van der Waals surface area contributed by atoms with Gasteiger partial charge in [0.05, 0.1) is 6.61 Å². The summed E-state index contributed by atoms with van der Waals surface area (Å²) in [4.78, 5) is 6.99. The Labute approximate surface area is 133 Å². The van der Waals surface area contributed by atoms with Gasteiger partial charge in [-0.1, -0.05) is 25.1 Å². The van der Waals surface area contributed by atoms with Crippen LogP contribution in [0.15, 0.2) is 29.3 Å². The zero-order chi connectivity index (χ0) is 15.8. The second-order valence-electron chi connectivity index (χ2n) is 6.05. The third-order valence-electron chi connectivity index (χ3n) is 3.92. The van der Waals surface area contributed by atoms with Gasteiger partial charge in [0.25, 0.3) is 0 Å². The molecule has 0 aliphatic carbocycles. The number of hydrogen-bond donors (Lipinski definition) is 2. The van der Waals surface area contributed by atoms with Crippen molar-refractivity contribution in [3.63, 3.8) is 0 Å². The summed E-state index contributed by atoms with van der Waals surface area (Å²) in [5, 5.41) is 3.18. The van der Waals surface area contributed by atoms with Crippen LogP contribution >= 0.6 is 0 Å². The number of anilines is 1. The Bertz CT molecular complexity index is 483. The van der Waals surface area contributed by atoms with Crippen LogP contribution in [0.1, 0.15) is 25.3 Å². The standard InChI is InChI=1S/C17H28N4O/c1-14(12-21-9-5-6-10-21)11-19-17(18)20-16-8-4-3-7-15(16)13-22-2/h3-4,7-8,14H,5-6,9-13H2,1-2H3,(H3,18,19,20). The zero-order valence-corrected chi connectivity index (χ0v) is 13.7. The van der Waals surface area contributed by atoms with Gasteiger partial charge in [-0.3, -0.25) is 4.99 Å². The molecule has 1 fully saturated rings. The van der Waals surface area contributed by atoms with Crippen molar-refractivity contribution < 1.29 is 4.74 Å². The summed E-state index contributed by atoms with van der Waals surface area (Å²) in [6.07, 6.45) is 2.66. The third kappa shape index (κ3) is 5.31. The van der Waals surface area contributed by atoms with Gasteiger partial charge in [-0.25, -0.2) is 0 Å². The van der Waals surface area contributed by atoms with Crippen LogP contribution in [0.4, 0.5) is 5.69 Å². The molecule has 1 aliphatic heterocycles. The van der Waals surface area contributed by atoms with Crippen LogP contribution in [-0.2, 0) is 11.3 Å². The lowest BCUT2D eigenvalue weighted by molar-refractivity contribution is 0.185. The Morgan fingerprint density at radius 1 is 1.36 bits per heavy atom. The highest BCUT2D eigenvalue weighted by Gasteiger charge is 2.14. The first-order valence-corrected chi connectivity index (χ1v) is 8.05. The molecule has 1 heterocycles. The molecule has 0 saturated carbocycles. The van der Waals surface area contributed by atoms with E-state index in [1.54, 1.807) is 7.11 Å². The Kier molecular flexibility index (Phi) is 6.68. The number of hydrogen-bond acceptors (Lipinski definition) is 3. The van der Waals surface area contributed by atoms with Crippen molar-refractivity contribution in [2.75, 3.05) is 38.6 Å². The van der Waals surface area contributed by atoms with E-state index in [2.05, 4.69) is 22.1 Å². The van der Waals surface area contributed by atoms with Crippen LogP contribution < -0.4 is 11.1 Å². The molecule has 0 amide bonds. The third-order valence-corrected chi connectivity index (χ3v) is 3.92. The number of methoxy groups -OCH3 is 1. The first-order chi connectivity index (χ1) is 10.7. The average molecular weight is 304 g/mol. The molecular formula is C17H28N4O. The number of rotatable bonds is 7. The molecule has 1 aromatic carbocycles. The number of ether oxygens (including phenoxy) is 1. The summed E-state index contributed by atoms with van der Waals surface area (Å²) in [7, 11) is 1.69. The normalized spacial score (nSPS) is 17.6. The average Bonchev–Trinajstić information content (AvgIpc) is 3.00. The van der Waals surface area contributed by atoms with Crippen LogP contribution in [0, 0.1) is 5.92 Å². The van der Waals surface area contributed by atoms with Gasteiger partial charge in [0.15, 0.2) is 5.96 Å². The number of aliphatic imine (C=N–C) groups is 1. The summed E-state index contributed by atoms with van der Waals surface area (Å²) in [5.41, 5.74) is 8.05. The molecule has 1 aromatic rings. The molecule has 2 rings (SSSR count). The van der Waals surface area contributed by atoms with Crippen molar-refractivity contribution in [2.45, 2.75) is 26.4 Å². The van der Waals surface area contributed by atoms with Crippen molar-refractivity contribution in [3.05, 3.63) is 29.8 Å². The van der Waals surface area contributed by atoms with Crippen LogP contribution in [0.25, 0.3) is 0 Å². The lowest BCUT2D eigenvalue weighted by atomic mass is 10.2. The highest BCUT2D eigenvalue weighted by atomic mass is 16.5. The van der Waals surface area contributed by atoms with Gasteiger partial charge in [0, 0.05) is 31.5 Å². The molecule has 1 atom stereocenters. The Morgan fingerprint density at radius 2 is 2.09 bits per heavy atom. The largest absolute Gasteiger partial charge is 0.380 e. The predicted octanol–water partition coefficient (Wildman–Crippen LogP) is 2.29. The predicted molar refractivity (Wildman–Crippen MR) is 92.1 cm³/mol. The number of nitrogens with two attached hydrogens (primary N) is 1. The number of benzene rings is 1. The van der Waals surface area contributed by atoms with E-state index in [-0.39, 0.29) is 0 Å². The van der Waals surface area contributed by atoms with Crippen LogP contribution in [0.5, 0.6) is 0 Å². The maximum Gasteiger partial charge on any atom is 0.193 e. The molecule has 1 unspecified atom stereocenters. The summed E-state index contributed by atoms with van der Waals surface area (Å²) in [6, 6.07) is 7.98. The van der Waals surface area contributed by atoms with Crippen molar-refractivity contribution in [3.8, 4) is 0 Å². The fraction of sp³-hybridized carbons (Fsp3) is 0.588. The Balaban J connectivity index is 1.84. The highest BCUT2D eigenvalue weighted by Crippen LogP contribution is 2.15. The molecule has 22 heavy (non-hydrogen) atoms. The molecule has 0 aromatic heterocycles. The lowest BCUT2D eigenvalue weighted by Crippen LogP contribution is -2.28. The quantitative estimate of drug-likeness (QED) is 0.599. The number of likely N-dealkylation sites (tertiary alicyclic amines) is 1. The van der Waals surface area contributed by atoms with Crippen molar-refractivity contribution >= 4 is 11.6 Å². The van der Waals surface area contributed by atoms with Gasteiger partial charge in [-0.15, -0.1) is 0 Å². The fourth-order valence-corrected chi connectivity index (χ4v) is 2.82. The van der Waals surface area contributed by atoms with Crippen LogP contribution in [-0.4, -0.2) is 44.1 Å². The lowest BCUT2D eigenvalue weighted by Gasteiger charge is -2.19. The first kappa shape index (κ1) is 16.8. The smallest absolute Gasteiger partial charge is 0.193 e. The topological polar surface area (TPSA) is 62.9 Å². The second kappa shape index (κ2) is 8.76. The van der Waals surface area contributed by atoms with E-state index in [1.165, 1.54) is 25.9 Å². The molecule has 0 spiro atoms. The summed E-state index contributed by atoms with van der Waals surface area (Å²) in [5.74, 6) is 0.990. The van der Waals surface area contributed by atoms with Gasteiger partial charge < -0.3 is 20.7 Å². The van der Waals surface area contributed by atoms with E-state index >= 15 is 0 Å². The summed E-state index contributed by atoms with van der Waals surface area (Å²) < 4.78 is 5.20. The Hall–Kier alpha value is -1.59. The molecule has 3 N–H and O–H groups in total. The molecular weight excluding hydrogens is 276 g/mol. The summed E-state index contributed by atoms with van der Waals surface area (Å²) in [6.45, 7) is 7.10. The SMILES string of the molecule is COCc1ccccc1NC(N)=NCC(C)CN1CCCC1. The summed E-state index contributed by atoms with van der Waals surface area (Å²) >= 11 is 0. The molecule has 1 aliphatic rings. The minimum Gasteiger partial charge on any atom is -0.380 e. The number of nitrogens with zero attached hydrogens (tertiary/aromatic N) is 2. The van der Waals surface area contributed by atoms with Crippen molar-refractivity contribution in [1.82, 2.24) is 4.90 Å². The maximum atomic E-state index is 6.01. The molecule has 0 radical (unpaired) electrons. The van der Waals surface area contributed by atoms with Crippen molar-refractivity contribution in [1.29, 1.82) is 0 Å².